The largest absolute Gasteiger partial charge is 0.451 e. The van der Waals surface area contributed by atoms with Crippen LogP contribution in [-0.2, 0) is 0 Å². The number of halogens is 1. The van der Waals surface area contributed by atoms with Gasteiger partial charge in [-0.05, 0) is 57.0 Å². The Labute approximate surface area is 202 Å². The van der Waals surface area contributed by atoms with Crippen LogP contribution in [0, 0.1) is 10.1 Å². The van der Waals surface area contributed by atoms with Crippen molar-refractivity contribution in [3.8, 4) is 0 Å². The topological polar surface area (TPSA) is 101 Å². The molecule has 9 heteroatoms. The number of benzene rings is 2. The molecule has 2 heterocycles. The van der Waals surface area contributed by atoms with Gasteiger partial charge in [0.1, 0.15) is 5.58 Å². The molecule has 34 heavy (non-hydrogen) atoms. The molecule has 0 spiro atoms. The van der Waals surface area contributed by atoms with Gasteiger partial charge in [0.15, 0.2) is 5.76 Å². The van der Waals surface area contributed by atoms with Gasteiger partial charge in [-0.15, -0.1) is 0 Å². The molecular weight excluding hydrogens is 456 g/mol. The first kappa shape index (κ1) is 23.5. The quantitative estimate of drug-likeness (QED) is 0.258. The molecule has 4 rings (SSSR count). The van der Waals surface area contributed by atoms with Gasteiger partial charge in [0.25, 0.3) is 5.69 Å². The number of hydrogen-bond donors (Lipinski definition) is 1. The second kappa shape index (κ2) is 8.95. The van der Waals surface area contributed by atoms with Crippen molar-refractivity contribution in [3.05, 3.63) is 74.5 Å². The molecule has 2 aromatic carbocycles. The highest BCUT2D eigenvalue weighted by molar-refractivity contribution is 6.33. The summed E-state index contributed by atoms with van der Waals surface area (Å²) in [5, 5.41) is 16.0. The van der Waals surface area contributed by atoms with Crippen LogP contribution in [-0.4, -0.2) is 29.1 Å². The normalized spacial score (nSPS) is 14.9. The Hall–Kier alpha value is -3.65. The van der Waals surface area contributed by atoms with E-state index >= 15 is 0 Å². The Balaban J connectivity index is 1.55. The maximum Gasteiger partial charge on any atom is 0.307 e. The number of fused-ring (bicyclic) bond motifs is 2. The number of nitrogens with zero attached hydrogens (tertiary/aromatic N) is 3. The number of rotatable bonds is 6. The SMILES string of the molecule is CCCN1c2cc(Cl)c(/C=N\NC(=O)c3cc4cc([N+](=O)[O-])ccc4o3)cc2C(C)=CC1(C)C. The molecule has 0 aliphatic carbocycles. The van der Waals surface area contributed by atoms with Crippen LogP contribution in [0.3, 0.4) is 0 Å². The summed E-state index contributed by atoms with van der Waals surface area (Å²) in [7, 11) is 0. The molecule has 0 atom stereocenters. The lowest BCUT2D eigenvalue weighted by Gasteiger charge is -2.43. The number of nitro benzene ring substituents is 1. The first-order valence-corrected chi connectivity index (χ1v) is 11.3. The van der Waals surface area contributed by atoms with Gasteiger partial charge in [-0.25, -0.2) is 5.43 Å². The Morgan fingerprint density at radius 3 is 2.76 bits per heavy atom. The van der Waals surface area contributed by atoms with Crippen molar-refractivity contribution in [2.75, 3.05) is 11.4 Å². The van der Waals surface area contributed by atoms with Crippen molar-refractivity contribution in [1.29, 1.82) is 0 Å². The van der Waals surface area contributed by atoms with Gasteiger partial charge in [0.05, 0.1) is 21.7 Å². The van der Waals surface area contributed by atoms with Crippen LogP contribution in [0.2, 0.25) is 5.02 Å². The van der Waals surface area contributed by atoms with Crippen molar-refractivity contribution in [1.82, 2.24) is 5.43 Å². The monoisotopic (exact) mass is 480 g/mol. The molecule has 0 saturated carbocycles. The summed E-state index contributed by atoms with van der Waals surface area (Å²) in [6.07, 6.45) is 4.75. The van der Waals surface area contributed by atoms with E-state index in [9.17, 15) is 14.9 Å². The number of anilines is 1. The lowest BCUT2D eigenvalue weighted by Crippen LogP contribution is -2.45. The van der Waals surface area contributed by atoms with Crippen LogP contribution in [0.15, 0.2) is 52.0 Å². The molecule has 1 aliphatic rings. The highest BCUT2D eigenvalue weighted by atomic mass is 35.5. The first-order chi connectivity index (χ1) is 16.1. The minimum atomic E-state index is -0.573. The molecule has 1 amide bonds. The number of hydrogen-bond acceptors (Lipinski definition) is 6. The number of carbonyl (C=O) groups excluding carboxylic acids is 1. The Morgan fingerprint density at radius 2 is 2.06 bits per heavy atom. The number of nitro groups is 1. The zero-order chi connectivity index (χ0) is 24.6. The molecule has 1 aromatic heterocycles. The van der Waals surface area contributed by atoms with E-state index in [1.165, 1.54) is 30.5 Å². The summed E-state index contributed by atoms with van der Waals surface area (Å²) in [4.78, 5) is 25.3. The molecule has 0 saturated heterocycles. The Kier molecular flexibility index (Phi) is 6.18. The maximum atomic E-state index is 12.5. The fourth-order valence-corrected chi connectivity index (χ4v) is 4.52. The number of nitrogens with one attached hydrogen (secondary N) is 1. The first-order valence-electron chi connectivity index (χ1n) is 10.9. The van der Waals surface area contributed by atoms with E-state index in [4.69, 9.17) is 16.0 Å². The van der Waals surface area contributed by atoms with Crippen molar-refractivity contribution < 1.29 is 14.1 Å². The van der Waals surface area contributed by atoms with E-state index in [0.717, 1.165) is 29.8 Å². The van der Waals surface area contributed by atoms with Crippen LogP contribution in [0.25, 0.3) is 16.5 Å². The van der Waals surface area contributed by atoms with Gasteiger partial charge >= 0.3 is 5.91 Å². The van der Waals surface area contributed by atoms with Crippen molar-refractivity contribution in [2.24, 2.45) is 5.10 Å². The summed E-state index contributed by atoms with van der Waals surface area (Å²) in [6, 6.07) is 9.49. The second-order valence-corrected chi connectivity index (χ2v) is 9.22. The van der Waals surface area contributed by atoms with E-state index < -0.39 is 10.8 Å². The molecule has 0 bridgehead atoms. The Bertz CT molecular complexity index is 1360. The lowest BCUT2D eigenvalue weighted by molar-refractivity contribution is -0.384. The van der Waals surface area contributed by atoms with E-state index in [1.54, 1.807) is 0 Å². The van der Waals surface area contributed by atoms with Crippen LogP contribution in [0.1, 0.15) is 55.8 Å². The number of non-ortho nitro benzene ring substituents is 1. The second-order valence-electron chi connectivity index (χ2n) is 8.81. The van der Waals surface area contributed by atoms with Gasteiger partial charge in [-0.2, -0.15) is 5.10 Å². The third kappa shape index (κ3) is 4.41. The fraction of sp³-hybridized carbons (Fsp3) is 0.280. The van der Waals surface area contributed by atoms with Gasteiger partial charge in [0, 0.05) is 40.9 Å². The number of carbonyl (C=O) groups is 1. The predicted molar refractivity (Wildman–Crippen MR) is 135 cm³/mol. The minimum absolute atomic E-state index is 0.000373. The molecule has 0 fully saturated rings. The van der Waals surface area contributed by atoms with E-state index in [2.05, 4.69) is 49.2 Å². The lowest BCUT2D eigenvalue weighted by atomic mass is 9.88. The van der Waals surface area contributed by atoms with Gasteiger partial charge < -0.3 is 9.32 Å². The molecule has 176 valence electrons. The molecule has 8 nitrogen and oxygen atoms in total. The van der Waals surface area contributed by atoms with Crippen molar-refractivity contribution in [2.45, 2.75) is 39.7 Å². The third-order valence-electron chi connectivity index (χ3n) is 5.85. The summed E-state index contributed by atoms with van der Waals surface area (Å²) in [6.45, 7) is 9.50. The number of amides is 1. The average molecular weight is 481 g/mol. The average Bonchev–Trinajstić information content (AvgIpc) is 3.20. The molecule has 1 aliphatic heterocycles. The molecular formula is C25H25ClN4O4. The molecule has 3 aromatic rings. The predicted octanol–water partition coefficient (Wildman–Crippen LogP) is 6.17. The molecule has 1 N–H and O–H groups in total. The van der Waals surface area contributed by atoms with Crippen molar-refractivity contribution in [3.63, 3.8) is 0 Å². The summed E-state index contributed by atoms with van der Waals surface area (Å²) >= 11 is 6.57. The van der Waals surface area contributed by atoms with Gasteiger partial charge in [-0.1, -0.05) is 24.6 Å². The van der Waals surface area contributed by atoms with Gasteiger partial charge in [0.2, 0.25) is 0 Å². The number of furan rings is 1. The van der Waals surface area contributed by atoms with Crippen LogP contribution >= 0.6 is 11.6 Å². The van der Waals surface area contributed by atoms with Crippen molar-refractivity contribution >= 4 is 51.6 Å². The smallest absolute Gasteiger partial charge is 0.307 e. The van der Waals surface area contributed by atoms with Crippen LogP contribution < -0.4 is 10.3 Å². The number of allylic oxidation sites excluding steroid dienone is 1. The third-order valence-corrected chi connectivity index (χ3v) is 6.17. The van der Waals surface area contributed by atoms with Gasteiger partial charge in [-0.3, -0.25) is 14.9 Å². The van der Waals surface area contributed by atoms with E-state index in [1.807, 2.05) is 12.1 Å². The fourth-order valence-electron chi connectivity index (χ4n) is 4.32. The standard InChI is InChI=1S/C25H25ClN4O4/c1-5-8-29-21-12-20(26)17(10-19(21)15(2)13-25(29,3)4)14-27-28-24(31)23-11-16-9-18(30(32)33)6-7-22(16)34-23/h6-7,9-14H,5,8H2,1-4H3,(H,28,31)/b27-14-. The van der Waals surface area contributed by atoms with E-state index in [0.29, 0.717) is 21.6 Å². The van der Waals surface area contributed by atoms with Crippen LogP contribution in [0.4, 0.5) is 11.4 Å². The zero-order valence-corrected chi connectivity index (χ0v) is 20.1. The number of hydrazone groups is 1. The molecule has 0 unspecified atom stereocenters. The van der Waals surface area contributed by atoms with E-state index in [-0.39, 0.29) is 17.0 Å². The maximum absolute atomic E-state index is 12.5. The summed E-state index contributed by atoms with van der Waals surface area (Å²) in [5.41, 5.74) is 6.58. The molecule has 0 radical (unpaired) electrons. The zero-order valence-electron chi connectivity index (χ0n) is 19.4. The highest BCUT2D eigenvalue weighted by Gasteiger charge is 2.31. The van der Waals surface area contributed by atoms with Crippen LogP contribution in [0.5, 0.6) is 0 Å². The highest BCUT2D eigenvalue weighted by Crippen LogP contribution is 2.41. The summed E-state index contributed by atoms with van der Waals surface area (Å²) < 4.78 is 5.49. The summed E-state index contributed by atoms with van der Waals surface area (Å²) in [5.74, 6) is -0.573. The minimum Gasteiger partial charge on any atom is -0.451 e. The Morgan fingerprint density at radius 1 is 1.29 bits per heavy atom.